The van der Waals surface area contributed by atoms with E-state index in [9.17, 15) is 24.3 Å². The minimum Gasteiger partial charge on any atom is -0.469 e. The van der Waals surface area contributed by atoms with Crippen molar-refractivity contribution >= 4 is 35.1 Å². The van der Waals surface area contributed by atoms with Gasteiger partial charge in [-0.15, -0.1) is 0 Å². The molecule has 0 aromatic heterocycles. The number of esters is 2. The van der Waals surface area contributed by atoms with Crippen molar-refractivity contribution < 1.29 is 33.8 Å². The Morgan fingerprint density at radius 2 is 1.36 bits per heavy atom. The highest BCUT2D eigenvalue weighted by atomic mass is 16.5. The van der Waals surface area contributed by atoms with E-state index in [-0.39, 0.29) is 6.42 Å². The molecule has 9 heteroatoms. The highest BCUT2D eigenvalue weighted by molar-refractivity contribution is 6.17. The third kappa shape index (κ3) is 2.48. The molecule has 9 nitrogen and oxygen atoms in total. The van der Waals surface area contributed by atoms with E-state index in [0.29, 0.717) is 22.5 Å². The van der Waals surface area contributed by atoms with Crippen LogP contribution in [0.25, 0.3) is 0 Å². The van der Waals surface area contributed by atoms with Crippen LogP contribution < -0.4 is 9.80 Å². The smallest absolute Gasteiger partial charge is 0.311 e. The number of para-hydroxylation sites is 2. The SMILES string of the molecule is COC(=O)[C@@H]1[C@@]2(C(=O)N(C)c3ccccc32)[C@H](C(=O)OC)C[C@@](C)(O)[C@]12C(=O)N(C)c1ccccc12. The minimum atomic E-state index is -1.93. The quantitative estimate of drug-likeness (QED) is 0.633. The molecule has 5 atom stereocenters. The number of likely N-dealkylation sites (N-methyl/N-ethyl adjacent to an activating group) is 2. The van der Waals surface area contributed by atoms with E-state index in [1.54, 1.807) is 62.6 Å². The normalized spacial score (nSPS) is 32.6. The molecule has 5 rings (SSSR count). The molecule has 188 valence electrons. The molecule has 3 aliphatic rings. The van der Waals surface area contributed by atoms with Crippen LogP contribution in [0.1, 0.15) is 24.5 Å². The van der Waals surface area contributed by atoms with Gasteiger partial charge in [0.1, 0.15) is 10.8 Å². The van der Waals surface area contributed by atoms with Crippen LogP contribution in [0.4, 0.5) is 11.4 Å². The number of rotatable bonds is 2. The van der Waals surface area contributed by atoms with Gasteiger partial charge in [-0.2, -0.15) is 0 Å². The fourth-order valence-electron chi connectivity index (χ4n) is 7.09. The number of fused-ring (bicyclic) bond motifs is 4. The topological polar surface area (TPSA) is 113 Å². The first kappa shape index (κ1) is 24.0. The fraction of sp³-hybridized carbons (Fsp3) is 0.407. The van der Waals surface area contributed by atoms with E-state index in [2.05, 4.69) is 0 Å². The number of nitrogens with zero attached hydrogens (tertiary/aromatic N) is 2. The summed E-state index contributed by atoms with van der Waals surface area (Å²) in [6, 6.07) is 13.7. The molecule has 36 heavy (non-hydrogen) atoms. The molecule has 2 amide bonds. The zero-order valence-corrected chi connectivity index (χ0v) is 20.8. The number of carbonyl (C=O) groups is 4. The maximum atomic E-state index is 14.4. The number of anilines is 2. The molecule has 0 radical (unpaired) electrons. The lowest BCUT2D eigenvalue weighted by Crippen LogP contribution is -2.74. The maximum absolute atomic E-state index is 14.4. The van der Waals surface area contributed by atoms with Crippen molar-refractivity contribution in [1.29, 1.82) is 0 Å². The van der Waals surface area contributed by atoms with Crippen LogP contribution >= 0.6 is 0 Å². The van der Waals surface area contributed by atoms with Gasteiger partial charge in [-0.05, 0) is 36.6 Å². The van der Waals surface area contributed by atoms with Gasteiger partial charge in [0, 0.05) is 25.5 Å². The second-order valence-electron chi connectivity index (χ2n) is 9.95. The average molecular weight is 493 g/mol. The molecule has 2 spiro atoms. The second kappa shape index (κ2) is 7.64. The van der Waals surface area contributed by atoms with Crippen molar-refractivity contribution in [3.05, 3.63) is 59.7 Å². The summed E-state index contributed by atoms with van der Waals surface area (Å²) in [4.78, 5) is 58.7. The minimum absolute atomic E-state index is 0.297. The lowest BCUT2D eigenvalue weighted by Gasteiger charge is -2.57. The fourth-order valence-corrected chi connectivity index (χ4v) is 7.09. The van der Waals surface area contributed by atoms with Gasteiger partial charge in [0.2, 0.25) is 11.8 Å². The van der Waals surface area contributed by atoms with Gasteiger partial charge < -0.3 is 24.4 Å². The molecule has 0 saturated heterocycles. The Kier molecular flexibility index (Phi) is 5.09. The van der Waals surface area contributed by atoms with Crippen LogP contribution in [0.2, 0.25) is 0 Å². The molecule has 1 N–H and O–H groups in total. The highest BCUT2D eigenvalue weighted by Crippen LogP contribution is 2.67. The van der Waals surface area contributed by atoms with Gasteiger partial charge in [-0.1, -0.05) is 36.4 Å². The van der Waals surface area contributed by atoms with Crippen molar-refractivity contribution in [1.82, 2.24) is 0 Å². The van der Waals surface area contributed by atoms with E-state index in [1.807, 2.05) is 0 Å². The molecule has 0 unspecified atom stereocenters. The van der Waals surface area contributed by atoms with E-state index in [0.717, 1.165) is 0 Å². The van der Waals surface area contributed by atoms with Crippen molar-refractivity contribution in [2.75, 3.05) is 38.1 Å². The number of aliphatic hydroxyl groups is 1. The summed E-state index contributed by atoms with van der Waals surface area (Å²) in [6.07, 6.45) is -0.297. The van der Waals surface area contributed by atoms with Crippen molar-refractivity contribution in [3.8, 4) is 0 Å². The first-order valence-corrected chi connectivity index (χ1v) is 11.7. The van der Waals surface area contributed by atoms with Crippen molar-refractivity contribution in [2.24, 2.45) is 11.8 Å². The van der Waals surface area contributed by atoms with E-state index in [4.69, 9.17) is 9.47 Å². The zero-order chi connectivity index (χ0) is 26.2. The average Bonchev–Trinajstić information content (AvgIpc) is 3.24. The summed E-state index contributed by atoms with van der Waals surface area (Å²) in [5.74, 6) is -5.56. The Hall–Kier alpha value is -3.72. The summed E-state index contributed by atoms with van der Waals surface area (Å²) in [7, 11) is 5.50. The van der Waals surface area contributed by atoms with Crippen LogP contribution in [-0.2, 0) is 39.5 Å². The summed E-state index contributed by atoms with van der Waals surface area (Å²) in [5.41, 5.74) is -3.86. The molecule has 2 aromatic carbocycles. The summed E-state index contributed by atoms with van der Waals surface area (Å²) in [5, 5.41) is 12.1. The highest BCUT2D eigenvalue weighted by Gasteiger charge is 2.80. The van der Waals surface area contributed by atoms with E-state index < -0.39 is 52.0 Å². The molecule has 1 aliphatic carbocycles. The van der Waals surface area contributed by atoms with Crippen LogP contribution in [0, 0.1) is 11.8 Å². The number of hydrogen-bond acceptors (Lipinski definition) is 7. The number of carbonyl (C=O) groups excluding carboxylic acids is 4. The Labute approximate surface area is 208 Å². The van der Waals surface area contributed by atoms with Crippen LogP contribution in [0.3, 0.4) is 0 Å². The van der Waals surface area contributed by atoms with Gasteiger partial charge in [0.05, 0.1) is 31.7 Å². The van der Waals surface area contributed by atoms with Crippen molar-refractivity contribution in [2.45, 2.75) is 29.8 Å². The van der Waals surface area contributed by atoms with Crippen LogP contribution in [-0.4, -0.2) is 62.8 Å². The predicted molar refractivity (Wildman–Crippen MR) is 129 cm³/mol. The summed E-state index contributed by atoms with van der Waals surface area (Å²) in [6.45, 7) is 1.44. The van der Waals surface area contributed by atoms with E-state index >= 15 is 0 Å². The number of ether oxygens (including phenoxy) is 2. The molecular weight excluding hydrogens is 464 g/mol. The van der Waals surface area contributed by atoms with Gasteiger partial charge in [-0.25, -0.2) is 0 Å². The maximum Gasteiger partial charge on any atom is 0.311 e. The number of benzene rings is 2. The van der Waals surface area contributed by atoms with Gasteiger partial charge in [0.15, 0.2) is 0 Å². The monoisotopic (exact) mass is 492 g/mol. The standard InChI is InChI=1S/C27H28N2O7/c1-25(34)14-17(21(30)35-4)26(15-10-6-8-12-18(15)28(2)23(26)32)20(22(31)36-5)27(25)16-11-7-9-13-19(16)29(3)24(27)33/h6-13,17,20,34H,14H2,1-5H3/t17-,20+,25+,26-,27-/m0/s1. The van der Waals surface area contributed by atoms with Crippen LogP contribution in [0.15, 0.2) is 48.5 Å². The second-order valence-corrected chi connectivity index (χ2v) is 9.95. The van der Waals surface area contributed by atoms with E-state index in [1.165, 1.54) is 30.9 Å². The Morgan fingerprint density at radius 3 is 1.94 bits per heavy atom. The Bertz CT molecular complexity index is 1320. The summed E-state index contributed by atoms with van der Waals surface area (Å²) >= 11 is 0. The third-order valence-corrected chi connectivity index (χ3v) is 8.51. The number of amides is 2. The van der Waals surface area contributed by atoms with Gasteiger partial charge >= 0.3 is 11.9 Å². The first-order chi connectivity index (χ1) is 17.0. The molecule has 2 heterocycles. The lowest BCUT2D eigenvalue weighted by molar-refractivity contribution is -0.191. The van der Waals surface area contributed by atoms with Crippen molar-refractivity contribution in [3.63, 3.8) is 0 Å². The number of methoxy groups -OCH3 is 2. The largest absolute Gasteiger partial charge is 0.469 e. The Morgan fingerprint density at radius 1 is 0.861 bits per heavy atom. The molecule has 2 aromatic rings. The predicted octanol–water partition coefficient (Wildman–Crippen LogP) is 1.55. The molecule has 1 fully saturated rings. The number of hydrogen-bond donors (Lipinski definition) is 1. The summed E-state index contributed by atoms with van der Waals surface area (Å²) < 4.78 is 10.4. The molecule has 2 aliphatic heterocycles. The lowest BCUT2D eigenvalue weighted by atomic mass is 9.42. The molecular formula is C27H28N2O7. The Balaban J connectivity index is 1.98. The zero-order valence-electron chi connectivity index (χ0n) is 20.8. The van der Waals surface area contributed by atoms with Crippen LogP contribution in [0.5, 0.6) is 0 Å². The van der Waals surface area contributed by atoms with Gasteiger partial charge in [-0.3, -0.25) is 19.2 Å². The first-order valence-electron chi connectivity index (χ1n) is 11.7. The molecule has 1 saturated carbocycles. The third-order valence-electron chi connectivity index (χ3n) is 8.51. The van der Waals surface area contributed by atoms with Gasteiger partial charge in [0.25, 0.3) is 0 Å². The molecule has 0 bridgehead atoms.